The van der Waals surface area contributed by atoms with E-state index in [0.29, 0.717) is 0 Å². The first-order chi connectivity index (χ1) is 12.1. The molecular formula is C17H13Cl2NO6. The standard InChI is InChI=1S/C17H13Cl2NO6/c1-17(16(22)23,12-8-10(18)4-6-14(12)20(24)25)11-7-9(15(21)26-2)3-5-13(11)19/h3-8H,1-2H3,(H,22,23)/t17-/m0/s1. The van der Waals surface area contributed by atoms with Crippen LogP contribution in [-0.2, 0) is 14.9 Å². The number of hydrogen-bond acceptors (Lipinski definition) is 5. The molecule has 1 N–H and O–H groups in total. The number of methoxy groups -OCH3 is 1. The molecule has 2 aromatic carbocycles. The Morgan fingerprint density at radius 2 is 1.81 bits per heavy atom. The normalized spacial score (nSPS) is 12.9. The molecule has 0 aliphatic heterocycles. The van der Waals surface area contributed by atoms with Crippen LogP contribution in [0.1, 0.15) is 28.4 Å². The van der Waals surface area contributed by atoms with Crippen molar-refractivity contribution in [3.8, 4) is 0 Å². The summed E-state index contributed by atoms with van der Waals surface area (Å²) in [5, 5.41) is 21.5. The van der Waals surface area contributed by atoms with E-state index in [4.69, 9.17) is 23.2 Å². The van der Waals surface area contributed by atoms with Gasteiger partial charge in [0.05, 0.1) is 23.2 Å². The number of esters is 1. The fourth-order valence-corrected chi connectivity index (χ4v) is 3.08. The van der Waals surface area contributed by atoms with Gasteiger partial charge in [0, 0.05) is 16.1 Å². The number of benzene rings is 2. The predicted molar refractivity (Wildman–Crippen MR) is 95.0 cm³/mol. The summed E-state index contributed by atoms with van der Waals surface area (Å²) in [5.41, 5.74) is -2.47. The van der Waals surface area contributed by atoms with Gasteiger partial charge in [-0.15, -0.1) is 0 Å². The third-order valence-electron chi connectivity index (χ3n) is 4.05. The van der Waals surface area contributed by atoms with E-state index in [1.54, 1.807) is 0 Å². The highest BCUT2D eigenvalue weighted by Crippen LogP contribution is 2.42. The van der Waals surface area contributed by atoms with Crippen LogP contribution < -0.4 is 0 Å². The molecule has 0 saturated heterocycles. The Hall–Kier alpha value is -2.64. The molecule has 7 nitrogen and oxygen atoms in total. The van der Waals surface area contributed by atoms with Gasteiger partial charge in [-0.2, -0.15) is 0 Å². The molecule has 0 aliphatic rings. The first-order valence-corrected chi connectivity index (χ1v) is 7.94. The maximum Gasteiger partial charge on any atom is 0.337 e. The van der Waals surface area contributed by atoms with Crippen molar-refractivity contribution >= 4 is 40.8 Å². The van der Waals surface area contributed by atoms with Crippen LogP contribution in [0.5, 0.6) is 0 Å². The number of halogens is 2. The van der Waals surface area contributed by atoms with Crippen molar-refractivity contribution in [1.82, 2.24) is 0 Å². The lowest BCUT2D eigenvalue weighted by Crippen LogP contribution is -2.35. The van der Waals surface area contributed by atoms with Crippen molar-refractivity contribution in [2.45, 2.75) is 12.3 Å². The van der Waals surface area contributed by atoms with Gasteiger partial charge in [-0.05, 0) is 42.8 Å². The first kappa shape index (κ1) is 19.7. The molecule has 136 valence electrons. The van der Waals surface area contributed by atoms with Gasteiger partial charge in [0.25, 0.3) is 5.69 Å². The Morgan fingerprint density at radius 3 is 2.35 bits per heavy atom. The van der Waals surface area contributed by atoms with Gasteiger partial charge in [0.15, 0.2) is 0 Å². The number of carboxylic acid groups (broad SMARTS) is 1. The number of carbonyl (C=O) groups excluding carboxylic acids is 1. The van der Waals surface area contributed by atoms with Crippen molar-refractivity contribution < 1.29 is 24.4 Å². The predicted octanol–water partition coefficient (Wildman–Crippen LogP) is 4.08. The van der Waals surface area contributed by atoms with E-state index in [1.807, 2.05) is 0 Å². The minimum Gasteiger partial charge on any atom is -0.480 e. The largest absolute Gasteiger partial charge is 0.480 e. The molecule has 0 spiro atoms. The highest BCUT2D eigenvalue weighted by Gasteiger charge is 2.44. The molecule has 2 rings (SSSR count). The summed E-state index contributed by atoms with van der Waals surface area (Å²) >= 11 is 12.1. The Bertz CT molecular complexity index is 914. The van der Waals surface area contributed by atoms with Gasteiger partial charge in [-0.1, -0.05) is 23.2 Å². The summed E-state index contributed by atoms with van der Waals surface area (Å²) in [4.78, 5) is 34.7. The molecule has 9 heteroatoms. The highest BCUT2D eigenvalue weighted by atomic mass is 35.5. The maximum atomic E-state index is 12.2. The van der Waals surface area contributed by atoms with Crippen LogP contribution in [0.15, 0.2) is 36.4 Å². The minimum atomic E-state index is -1.94. The van der Waals surface area contributed by atoms with Gasteiger partial charge in [-0.25, -0.2) is 4.79 Å². The quantitative estimate of drug-likeness (QED) is 0.462. The number of ether oxygens (including phenoxy) is 1. The molecule has 0 aliphatic carbocycles. The van der Waals surface area contributed by atoms with Crippen LogP contribution >= 0.6 is 23.2 Å². The first-order valence-electron chi connectivity index (χ1n) is 7.19. The Labute approximate surface area is 158 Å². The summed E-state index contributed by atoms with van der Waals surface area (Å²) in [6.07, 6.45) is 0. The molecule has 0 amide bonds. The number of rotatable bonds is 5. The second-order valence-corrected chi connectivity index (χ2v) is 6.38. The van der Waals surface area contributed by atoms with E-state index in [-0.39, 0.29) is 26.7 Å². The fourth-order valence-electron chi connectivity index (χ4n) is 2.60. The van der Waals surface area contributed by atoms with E-state index in [0.717, 1.165) is 6.07 Å². The lowest BCUT2D eigenvalue weighted by atomic mass is 9.75. The van der Waals surface area contributed by atoms with Gasteiger partial charge in [-0.3, -0.25) is 14.9 Å². The van der Waals surface area contributed by atoms with Crippen molar-refractivity contribution in [1.29, 1.82) is 0 Å². The van der Waals surface area contributed by atoms with Crippen LogP contribution in [0.3, 0.4) is 0 Å². The average Bonchev–Trinajstić information content (AvgIpc) is 2.60. The topological polar surface area (TPSA) is 107 Å². The highest BCUT2D eigenvalue weighted by molar-refractivity contribution is 6.32. The van der Waals surface area contributed by atoms with Crippen molar-refractivity contribution in [2.75, 3.05) is 7.11 Å². The van der Waals surface area contributed by atoms with E-state index in [2.05, 4.69) is 4.74 Å². The smallest absolute Gasteiger partial charge is 0.337 e. The molecule has 0 fully saturated rings. The lowest BCUT2D eigenvalue weighted by molar-refractivity contribution is -0.385. The zero-order valence-corrected chi connectivity index (χ0v) is 15.2. The molecule has 0 heterocycles. The van der Waals surface area contributed by atoms with Gasteiger partial charge in [0.1, 0.15) is 5.41 Å². The number of carbonyl (C=O) groups is 2. The summed E-state index contributed by atoms with van der Waals surface area (Å²) in [6, 6.07) is 7.56. The van der Waals surface area contributed by atoms with Gasteiger partial charge < -0.3 is 9.84 Å². The van der Waals surface area contributed by atoms with Crippen molar-refractivity contribution in [3.63, 3.8) is 0 Å². The second kappa shape index (κ2) is 7.31. The van der Waals surface area contributed by atoms with Crippen LogP contribution in [0, 0.1) is 10.1 Å². The number of nitro groups is 1. The number of nitro benzene ring substituents is 1. The molecule has 0 bridgehead atoms. The lowest BCUT2D eigenvalue weighted by Gasteiger charge is -2.27. The zero-order chi connectivity index (χ0) is 19.6. The number of aliphatic carboxylic acids is 1. The third-order valence-corrected chi connectivity index (χ3v) is 4.61. The maximum absolute atomic E-state index is 12.2. The summed E-state index contributed by atoms with van der Waals surface area (Å²) in [6.45, 7) is 1.26. The molecule has 0 saturated carbocycles. The molecule has 2 aromatic rings. The molecule has 0 unspecified atom stereocenters. The Kier molecular flexibility index (Phi) is 5.53. The number of hydrogen-bond donors (Lipinski definition) is 1. The van der Waals surface area contributed by atoms with Crippen molar-refractivity contribution in [3.05, 3.63) is 73.2 Å². The molecular weight excluding hydrogens is 385 g/mol. The van der Waals surface area contributed by atoms with E-state index < -0.39 is 28.0 Å². The van der Waals surface area contributed by atoms with E-state index in [1.165, 1.54) is 44.4 Å². The fraction of sp³-hybridized carbons (Fsp3) is 0.176. The number of nitrogens with zero attached hydrogens (tertiary/aromatic N) is 1. The van der Waals surface area contributed by atoms with Crippen LogP contribution in [-0.4, -0.2) is 29.1 Å². The van der Waals surface area contributed by atoms with Crippen molar-refractivity contribution in [2.24, 2.45) is 0 Å². The van der Waals surface area contributed by atoms with Crippen LogP contribution in [0.25, 0.3) is 0 Å². The van der Waals surface area contributed by atoms with Gasteiger partial charge in [0.2, 0.25) is 0 Å². The summed E-state index contributed by atoms with van der Waals surface area (Å²) < 4.78 is 4.63. The molecule has 1 atom stereocenters. The molecule has 26 heavy (non-hydrogen) atoms. The third kappa shape index (κ3) is 3.36. The van der Waals surface area contributed by atoms with E-state index >= 15 is 0 Å². The SMILES string of the molecule is COC(=O)c1ccc(Cl)c([C@](C)(C(=O)O)c2cc(Cl)ccc2[N+](=O)[O-])c1. The average molecular weight is 398 g/mol. The van der Waals surface area contributed by atoms with Crippen LogP contribution in [0.2, 0.25) is 10.0 Å². The van der Waals surface area contributed by atoms with E-state index in [9.17, 15) is 24.8 Å². The zero-order valence-electron chi connectivity index (χ0n) is 13.7. The summed E-state index contributed by atoms with van der Waals surface area (Å²) in [5.74, 6) is -2.09. The molecule has 0 radical (unpaired) electrons. The van der Waals surface area contributed by atoms with Crippen LogP contribution in [0.4, 0.5) is 5.69 Å². The minimum absolute atomic E-state index is 0.0000617. The van der Waals surface area contributed by atoms with Gasteiger partial charge >= 0.3 is 11.9 Å². The second-order valence-electron chi connectivity index (χ2n) is 5.53. The summed E-state index contributed by atoms with van der Waals surface area (Å²) in [7, 11) is 1.18. The monoisotopic (exact) mass is 397 g/mol. The Balaban J connectivity index is 2.86. The Morgan fingerprint density at radius 1 is 1.15 bits per heavy atom. The number of carboxylic acids is 1. The molecule has 0 aromatic heterocycles.